The van der Waals surface area contributed by atoms with E-state index in [9.17, 15) is 13.2 Å². The summed E-state index contributed by atoms with van der Waals surface area (Å²) in [5.74, 6) is 0.648. The van der Waals surface area contributed by atoms with Gasteiger partial charge in [-0.15, -0.1) is 0 Å². The smallest absolute Gasteiger partial charge is 0.251 e. The first kappa shape index (κ1) is 20.6. The third-order valence-corrected chi connectivity index (χ3v) is 5.43. The molecule has 9 heteroatoms. The molecule has 8 nitrogen and oxygen atoms in total. The fraction of sp³-hybridized carbons (Fsp3) is 0.200. The molecular formula is C20H21N3O5S. The molecule has 0 saturated carbocycles. The SMILES string of the molecule is CCOc1ncccc1CNC(=O)c1ccc(S(=O)(=O)NCc2ccco2)cc1. The zero-order chi connectivity index (χ0) is 20.7. The van der Waals surface area contributed by atoms with E-state index >= 15 is 0 Å². The van der Waals surface area contributed by atoms with Crippen molar-refractivity contribution in [3.8, 4) is 5.88 Å². The zero-order valence-electron chi connectivity index (χ0n) is 15.8. The molecule has 0 fully saturated rings. The number of pyridine rings is 1. The van der Waals surface area contributed by atoms with Crippen LogP contribution in [0.5, 0.6) is 5.88 Å². The Bertz CT molecular complexity index is 1050. The minimum absolute atomic E-state index is 0.0465. The van der Waals surface area contributed by atoms with Crippen molar-refractivity contribution in [3.05, 3.63) is 77.9 Å². The number of sulfonamides is 1. The lowest BCUT2D eigenvalue weighted by molar-refractivity contribution is 0.0950. The fourth-order valence-electron chi connectivity index (χ4n) is 2.55. The Morgan fingerprint density at radius 1 is 1.10 bits per heavy atom. The second kappa shape index (κ2) is 9.35. The first-order chi connectivity index (χ1) is 14.0. The summed E-state index contributed by atoms with van der Waals surface area (Å²) >= 11 is 0. The Morgan fingerprint density at radius 3 is 2.59 bits per heavy atom. The molecule has 0 aliphatic heterocycles. The Labute approximate surface area is 169 Å². The molecule has 0 atom stereocenters. The Morgan fingerprint density at radius 2 is 1.90 bits per heavy atom. The normalized spacial score (nSPS) is 11.2. The van der Waals surface area contributed by atoms with Crippen molar-refractivity contribution in [2.24, 2.45) is 0 Å². The average Bonchev–Trinajstić information content (AvgIpc) is 3.26. The van der Waals surface area contributed by atoms with Crippen LogP contribution in [0.25, 0.3) is 0 Å². The minimum atomic E-state index is -3.71. The van der Waals surface area contributed by atoms with E-state index in [1.54, 1.807) is 24.4 Å². The molecule has 1 aromatic carbocycles. The number of ether oxygens (including phenoxy) is 1. The number of amides is 1. The number of hydrogen-bond donors (Lipinski definition) is 2. The molecule has 2 aromatic heterocycles. The second-order valence-corrected chi connectivity index (χ2v) is 7.78. The standard InChI is InChI=1S/C20H21N3O5S/c1-2-27-20-16(5-3-11-21-20)13-22-19(24)15-7-9-18(10-8-15)29(25,26)23-14-17-6-4-12-28-17/h3-12,23H,2,13-14H2,1H3,(H,22,24). The highest BCUT2D eigenvalue weighted by atomic mass is 32.2. The Kier molecular flexibility index (Phi) is 6.63. The van der Waals surface area contributed by atoms with Crippen LogP contribution in [0.1, 0.15) is 28.6 Å². The van der Waals surface area contributed by atoms with Gasteiger partial charge in [-0.05, 0) is 49.4 Å². The number of nitrogens with zero attached hydrogens (tertiary/aromatic N) is 1. The molecule has 2 heterocycles. The molecule has 0 aliphatic carbocycles. The quantitative estimate of drug-likeness (QED) is 0.556. The van der Waals surface area contributed by atoms with Crippen LogP contribution < -0.4 is 14.8 Å². The molecule has 0 radical (unpaired) electrons. The second-order valence-electron chi connectivity index (χ2n) is 6.01. The summed E-state index contributed by atoms with van der Waals surface area (Å²) in [5, 5.41) is 2.78. The lowest BCUT2D eigenvalue weighted by Gasteiger charge is -2.10. The average molecular weight is 415 g/mol. The van der Waals surface area contributed by atoms with E-state index in [1.165, 1.54) is 30.5 Å². The third-order valence-electron chi connectivity index (χ3n) is 4.01. The number of hydrogen-bond acceptors (Lipinski definition) is 6. The maximum atomic E-state index is 12.4. The van der Waals surface area contributed by atoms with E-state index in [0.717, 1.165) is 5.56 Å². The molecule has 0 bridgehead atoms. The number of aromatic nitrogens is 1. The van der Waals surface area contributed by atoms with Gasteiger partial charge >= 0.3 is 0 Å². The summed E-state index contributed by atoms with van der Waals surface area (Å²) in [4.78, 5) is 16.6. The summed E-state index contributed by atoms with van der Waals surface area (Å²) in [7, 11) is -3.71. The predicted octanol–water partition coefficient (Wildman–Crippen LogP) is 2.48. The molecule has 152 valence electrons. The van der Waals surface area contributed by atoms with Crippen molar-refractivity contribution in [2.75, 3.05) is 6.61 Å². The number of furan rings is 1. The summed E-state index contributed by atoms with van der Waals surface area (Å²) in [6.45, 7) is 2.62. The topological polar surface area (TPSA) is 111 Å². The van der Waals surface area contributed by atoms with Gasteiger partial charge in [0, 0.05) is 23.9 Å². The first-order valence-corrected chi connectivity index (χ1v) is 10.4. The third kappa shape index (κ3) is 5.43. The van der Waals surface area contributed by atoms with Crippen LogP contribution in [0.3, 0.4) is 0 Å². The van der Waals surface area contributed by atoms with Crippen LogP contribution in [0, 0.1) is 0 Å². The van der Waals surface area contributed by atoms with E-state index in [-0.39, 0.29) is 23.9 Å². The molecule has 1 amide bonds. The molecular weight excluding hydrogens is 394 g/mol. The van der Waals surface area contributed by atoms with Gasteiger partial charge in [-0.2, -0.15) is 0 Å². The first-order valence-electron chi connectivity index (χ1n) is 8.96. The number of benzene rings is 1. The summed E-state index contributed by atoms with van der Waals surface area (Å²) < 4.78 is 37.7. The van der Waals surface area contributed by atoms with E-state index in [0.29, 0.717) is 23.8 Å². The van der Waals surface area contributed by atoms with Gasteiger partial charge in [0.2, 0.25) is 15.9 Å². The highest BCUT2D eigenvalue weighted by Gasteiger charge is 2.15. The predicted molar refractivity (Wildman–Crippen MR) is 106 cm³/mol. The van der Waals surface area contributed by atoms with Crippen molar-refractivity contribution in [2.45, 2.75) is 24.9 Å². The maximum absolute atomic E-state index is 12.4. The molecule has 3 rings (SSSR count). The molecule has 0 aliphatic rings. The van der Waals surface area contributed by atoms with Gasteiger partial charge in [0.15, 0.2) is 0 Å². The van der Waals surface area contributed by atoms with Gasteiger partial charge in [0.1, 0.15) is 5.76 Å². The zero-order valence-corrected chi connectivity index (χ0v) is 16.6. The highest BCUT2D eigenvalue weighted by Crippen LogP contribution is 2.15. The largest absolute Gasteiger partial charge is 0.478 e. The highest BCUT2D eigenvalue weighted by molar-refractivity contribution is 7.89. The van der Waals surface area contributed by atoms with Crippen molar-refractivity contribution < 1.29 is 22.4 Å². The van der Waals surface area contributed by atoms with Crippen molar-refractivity contribution in [3.63, 3.8) is 0 Å². The van der Waals surface area contributed by atoms with Gasteiger partial charge in [-0.1, -0.05) is 6.07 Å². The van der Waals surface area contributed by atoms with E-state index < -0.39 is 10.0 Å². The Hall–Kier alpha value is -3.17. The van der Waals surface area contributed by atoms with Gasteiger partial charge < -0.3 is 14.5 Å². The summed E-state index contributed by atoms with van der Waals surface area (Å²) in [6.07, 6.45) is 3.09. The number of carbonyl (C=O) groups is 1. The van der Waals surface area contributed by atoms with Crippen LogP contribution in [0.2, 0.25) is 0 Å². The summed E-state index contributed by atoms with van der Waals surface area (Å²) in [6, 6.07) is 12.6. The fourth-order valence-corrected chi connectivity index (χ4v) is 3.54. The number of carbonyl (C=O) groups excluding carboxylic acids is 1. The van der Waals surface area contributed by atoms with Gasteiger partial charge in [0.05, 0.1) is 24.3 Å². The number of rotatable bonds is 9. The minimum Gasteiger partial charge on any atom is -0.478 e. The lowest BCUT2D eigenvalue weighted by atomic mass is 10.2. The molecule has 3 aromatic rings. The molecule has 0 spiro atoms. The summed E-state index contributed by atoms with van der Waals surface area (Å²) in [5.41, 5.74) is 1.10. The van der Waals surface area contributed by atoms with Crippen molar-refractivity contribution >= 4 is 15.9 Å². The molecule has 29 heavy (non-hydrogen) atoms. The maximum Gasteiger partial charge on any atom is 0.251 e. The molecule has 0 unspecified atom stereocenters. The van der Waals surface area contributed by atoms with Crippen LogP contribution >= 0.6 is 0 Å². The van der Waals surface area contributed by atoms with Gasteiger partial charge in [0.25, 0.3) is 5.91 Å². The van der Waals surface area contributed by atoms with Gasteiger partial charge in [-0.25, -0.2) is 18.1 Å². The van der Waals surface area contributed by atoms with E-state index in [2.05, 4.69) is 15.0 Å². The number of nitrogens with one attached hydrogen (secondary N) is 2. The van der Waals surface area contributed by atoms with Crippen LogP contribution in [-0.2, 0) is 23.1 Å². The van der Waals surface area contributed by atoms with Gasteiger partial charge in [-0.3, -0.25) is 4.79 Å². The van der Waals surface area contributed by atoms with Crippen LogP contribution in [0.15, 0.2) is 70.3 Å². The molecule has 2 N–H and O–H groups in total. The van der Waals surface area contributed by atoms with Crippen LogP contribution in [-0.4, -0.2) is 25.9 Å². The van der Waals surface area contributed by atoms with E-state index in [1.807, 2.05) is 13.0 Å². The van der Waals surface area contributed by atoms with Crippen LogP contribution in [0.4, 0.5) is 0 Å². The van der Waals surface area contributed by atoms with Crippen molar-refractivity contribution in [1.82, 2.24) is 15.0 Å². The monoisotopic (exact) mass is 415 g/mol. The molecule has 0 saturated heterocycles. The van der Waals surface area contributed by atoms with Crippen molar-refractivity contribution in [1.29, 1.82) is 0 Å². The Balaban J connectivity index is 1.61. The van der Waals surface area contributed by atoms with E-state index in [4.69, 9.17) is 9.15 Å². The lowest BCUT2D eigenvalue weighted by Crippen LogP contribution is -2.24.